The van der Waals surface area contributed by atoms with E-state index in [1.54, 1.807) is 34.2 Å². The van der Waals surface area contributed by atoms with Crippen LogP contribution in [-0.4, -0.2) is 41.1 Å². The van der Waals surface area contributed by atoms with Crippen molar-refractivity contribution < 1.29 is 13.2 Å². The molecule has 0 saturated carbocycles. The van der Waals surface area contributed by atoms with Gasteiger partial charge in [-0.15, -0.1) is 11.3 Å². The van der Waals surface area contributed by atoms with Gasteiger partial charge in [-0.2, -0.15) is 4.31 Å². The highest BCUT2D eigenvalue weighted by Gasteiger charge is 2.33. The lowest BCUT2D eigenvalue weighted by molar-refractivity contribution is -0.126. The van der Waals surface area contributed by atoms with E-state index in [0.717, 1.165) is 11.3 Å². The molecule has 28 heavy (non-hydrogen) atoms. The van der Waals surface area contributed by atoms with Crippen LogP contribution in [0.2, 0.25) is 5.02 Å². The number of nitrogens with zero attached hydrogens (tertiary/aromatic N) is 3. The van der Waals surface area contributed by atoms with E-state index in [4.69, 9.17) is 11.6 Å². The first-order valence-electron chi connectivity index (χ1n) is 8.88. The second-order valence-electron chi connectivity index (χ2n) is 6.70. The van der Waals surface area contributed by atoms with Crippen LogP contribution >= 0.6 is 22.9 Å². The number of sulfonamides is 1. The Morgan fingerprint density at radius 1 is 1.32 bits per heavy atom. The Kier molecular flexibility index (Phi) is 5.42. The van der Waals surface area contributed by atoms with Crippen LogP contribution in [0.15, 0.2) is 46.2 Å². The van der Waals surface area contributed by atoms with E-state index >= 15 is 0 Å². The fraction of sp³-hybridized carbons (Fsp3) is 0.333. The molecule has 1 aliphatic rings. The summed E-state index contributed by atoms with van der Waals surface area (Å²) < 4.78 is 28.9. The molecule has 7 nitrogen and oxygen atoms in total. The lowest BCUT2D eigenvalue weighted by Gasteiger charge is -2.30. The van der Waals surface area contributed by atoms with Crippen LogP contribution in [0.4, 0.5) is 0 Å². The number of fused-ring (bicyclic) bond motifs is 1. The van der Waals surface area contributed by atoms with Crippen LogP contribution in [0.3, 0.4) is 0 Å². The number of pyridine rings is 1. The van der Waals surface area contributed by atoms with Crippen LogP contribution in [0, 0.1) is 5.92 Å². The largest absolute Gasteiger partial charge is 0.350 e. The Balaban J connectivity index is 1.40. The van der Waals surface area contributed by atoms with Gasteiger partial charge in [-0.05, 0) is 36.4 Å². The third kappa shape index (κ3) is 3.93. The fourth-order valence-corrected chi connectivity index (χ4v) is 6.17. The smallest absolute Gasteiger partial charge is 0.252 e. The highest BCUT2D eigenvalue weighted by Crippen LogP contribution is 2.26. The van der Waals surface area contributed by atoms with Crippen molar-refractivity contribution in [1.29, 1.82) is 0 Å². The first-order chi connectivity index (χ1) is 13.4. The van der Waals surface area contributed by atoms with Crippen molar-refractivity contribution in [2.45, 2.75) is 23.6 Å². The van der Waals surface area contributed by atoms with Crippen molar-refractivity contribution in [3.63, 3.8) is 0 Å². The maximum absolute atomic E-state index is 12.7. The van der Waals surface area contributed by atoms with Gasteiger partial charge >= 0.3 is 0 Å². The summed E-state index contributed by atoms with van der Waals surface area (Å²) in [6.07, 6.45) is 4.90. The number of carbonyl (C=O) groups is 1. The highest BCUT2D eigenvalue weighted by molar-refractivity contribution is 7.91. The summed E-state index contributed by atoms with van der Waals surface area (Å²) in [7, 11) is -3.53. The Morgan fingerprint density at radius 3 is 2.96 bits per heavy atom. The summed E-state index contributed by atoms with van der Waals surface area (Å²) in [4.78, 5) is 17.1. The van der Waals surface area contributed by atoms with Gasteiger partial charge in [-0.3, -0.25) is 4.79 Å². The molecule has 1 fully saturated rings. The molecule has 3 aromatic rings. The van der Waals surface area contributed by atoms with Crippen molar-refractivity contribution in [3.8, 4) is 0 Å². The number of halogens is 1. The maximum atomic E-state index is 12.7. The van der Waals surface area contributed by atoms with E-state index in [1.165, 1.54) is 15.6 Å². The number of aromatic nitrogens is 2. The number of rotatable bonds is 5. The van der Waals surface area contributed by atoms with Gasteiger partial charge in [0, 0.05) is 25.5 Å². The average molecular weight is 439 g/mol. The van der Waals surface area contributed by atoms with E-state index in [0.29, 0.717) is 28.6 Å². The lowest BCUT2D eigenvalue weighted by atomic mass is 9.99. The Hall–Kier alpha value is -1.94. The highest BCUT2D eigenvalue weighted by atomic mass is 35.5. The van der Waals surface area contributed by atoms with Crippen molar-refractivity contribution in [1.82, 2.24) is 19.0 Å². The minimum Gasteiger partial charge on any atom is -0.350 e. The molecular weight excluding hydrogens is 420 g/mol. The van der Waals surface area contributed by atoms with Gasteiger partial charge in [0.25, 0.3) is 10.0 Å². The van der Waals surface area contributed by atoms with Crippen LogP contribution in [-0.2, 0) is 21.4 Å². The molecule has 1 amide bonds. The van der Waals surface area contributed by atoms with Gasteiger partial charge in [0.05, 0.1) is 23.2 Å². The van der Waals surface area contributed by atoms with Gasteiger partial charge in [0.2, 0.25) is 5.91 Å². The number of carbonyl (C=O) groups excluding carboxylic acids is 1. The molecule has 0 radical (unpaired) electrons. The average Bonchev–Trinajstić information content (AvgIpc) is 3.36. The second kappa shape index (κ2) is 7.82. The van der Waals surface area contributed by atoms with Crippen molar-refractivity contribution in [2.24, 2.45) is 5.92 Å². The molecule has 0 aromatic carbocycles. The number of piperidine rings is 1. The summed E-state index contributed by atoms with van der Waals surface area (Å²) in [5.74, 6) is -0.517. The standard InChI is InChI=1S/C18H19ClN4O3S2/c19-14-5-6-16-21-15(12-22(16)11-14)9-20-18(24)13-3-1-7-23(10-13)28(25,26)17-4-2-8-27-17/h2,4-6,8,11-13H,1,3,7,9-10H2,(H,20,24). The molecule has 4 rings (SSSR count). The number of hydrogen-bond donors (Lipinski definition) is 1. The van der Waals surface area contributed by atoms with Crippen LogP contribution in [0.5, 0.6) is 0 Å². The normalized spacial score (nSPS) is 18.4. The lowest BCUT2D eigenvalue weighted by Crippen LogP contribution is -2.45. The summed E-state index contributed by atoms with van der Waals surface area (Å²) in [6, 6.07) is 6.88. The van der Waals surface area contributed by atoms with Crippen LogP contribution in [0.25, 0.3) is 5.65 Å². The molecular formula is C18H19ClN4O3S2. The zero-order valence-electron chi connectivity index (χ0n) is 14.9. The SMILES string of the molecule is O=C(NCc1cn2cc(Cl)ccc2n1)C1CCCN(S(=O)(=O)c2cccs2)C1. The van der Waals surface area contributed by atoms with E-state index in [2.05, 4.69) is 10.3 Å². The quantitative estimate of drug-likeness (QED) is 0.663. The Bertz CT molecular complexity index is 1100. The first-order valence-corrected chi connectivity index (χ1v) is 11.6. The molecule has 0 bridgehead atoms. The predicted octanol–water partition coefficient (Wildman–Crippen LogP) is 2.77. The van der Waals surface area contributed by atoms with E-state index in [9.17, 15) is 13.2 Å². The molecule has 1 unspecified atom stereocenters. The molecule has 3 aromatic heterocycles. The molecule has 1 aliphatic heterocycles. The topological polar surface area (TPSA) is 83.8 Å². The zero-order valence-corrected chi connectivity index (χ0v) is 17.3. The van der Waals surface area contributed by atoms with Crippen molar-refractivity contribution in [3.05, 3.63) is 52.8 Å². The monoisotopic (exact) mass is 438 g/mol. The van der Waals surface area contributed by atoms with Crippen LogP contribution < -0.4 is 5.32 Å². The van der Waals surface area contributed by atoms with Crippen molar-refractivity contribution >= 4 is 44.5 Å². The third-order valence-corrected chi connectivity index (χ3v) is 8.21. The van der Waals surface area contributed by atoms with E-state index in [-0.39, 0.29) is 24.9 Å². The second-order valence-corrected chi connectivity index (χ2v) is 10.2. The molecule has 148 valence electrons. The van der Waals surface area contributed by atoms with Crippen LogP contribution in [0.1, 0.15) is 18.5 Å². The number of imidazole rings is 1. The Labute approximate surface area is 172 Å². The summed E-state index contributed by atoms with van der Waals surface area (Å²) in [5.41, 5.74) is 1.47. The first kappa shape index (κ1) is 19.4. The zero-order chi connectivity index (χ0) is 19.7. The number of nitrogens with one attached hydrogen (secondary N) is 1. The minimum absolute atomic E-state index is 0.152. The summed E-state index contributed by atoms with van der Waals surface area (Å²) >= 11 is 7.17. The molecule has 0 spiro atoms. The maximum Gasteiger partial charge on any atom is 0.252 e. The minimum atomic E-state index is -3.53. The van der Waals surface area contributed by atoms with Gasteiger partial charge in [-0.25, -0.2) is 13.4 Å². The molecule has 1 saturated heterocycles. The van der Waals surface area contributed by atoms with E-state index < -0.39 is 10.0 Å². The number of hydrogen-bond acceptors (Lipinski definition) is 5. The number of amides is 1. The molecule has 1 N–H and O–H groups in total. The van der Waals surface area contributed by atoms with Crippen molar-refractivity contribution in [2.75, 3.05) is 13.1 Å². The Morgan fingerprint density at radius 2 is 2.18 bits per heavy atom. The molecule has 10 heteroatoms. The van der Waals surface area contributed by atoms with Gasteiger partial charge in [-0.1, -0.05) is 17.7 Å². The molecule has 1 atom stereocenters. The van der Waals surface area contributed by atoms with Gasteiger partial charge < -0.3 is 9.72 Å². The third-order valence-electron chi connectivity index (χ3n) is 4.75. The van der Waals surface area contributed by atoms with E-state index in [1.807, 2.05) is 12.3 Å². The predicted molar refractivity (Wildman–Crippen MR) is 108 cm³/mol. The molecule has 4 heterocycles. The summed E-state index contributed by atoms with van der Waals surface area (Å²) in [5, 5.41) is 5.23. The van der Waals surface area contributed by atoms with Gasteiger partial charge in [0.15, 0.2) is 0 Å². The fourth-order valence-electron chi connectivity index (χ4n) is 3.34. The summed E-state index contributed by atoms with van der Waals surface area (Å²) in [6.45, 7) is 0.927. The molecule has 0 aliphatic carbocycles. The van der Waals surface area contributed by atoms with Gasteiger partial charge in [0.1, 0.15) is 9.86 Å². The number of thiophene rings is 1.